The first-order valence-corrected chi connectivity index (χ1v) is 11.1. The van der Waals surface area contributed by atoms with E-state index in [0.29, 0.717) is 25.8 Å². The fraction of sp³-hybridized carbons (Fsp3) is 0.882. The molecule has 12 nitrogen and oxygen atoms in total. The average Bonchev–Trinajstić information content (AvgIpc) is 2.69. The highest BCUT2D eigenvalue weighted by molar-refractivity contribution is 7.80. The van der Waals surface area contributed by atoms with Crippen molar-refractivity contribution >= 4 is 22.2 Å². The molecule has 0 fully saturated rings. The Labute approximate surface area is 176 Å². The molecule has 0 aromatic heterocycles. The van der Waals surface area contributed by atoms with Gasteiger partial charge in [-0.25, -0.2) is 4.18 Å². The lowest BCUT2D eigenvalue weighted by Crippen LogP contribution is -2.52. The predicted octanol–water partition coefficient (Wildman–Crippen LogP) is -1.91. The summed E-state index contributed by atoms with van der Waals surface area (Å²) in [5, 5.41) is 44.0. The molecule has 0 radical (unpaired) electrons. The van der Waals surface area contributed by atoms with Crippen LogP contribution >= 0.6 is 0 Å². The minimum absolute atomic E-state index is 0.00218. The van der Waals surface area contributed by atoms with Crippen molar-refractivity contribution < 1.29 is 47.2 Å². The van der Waals surface area contributed by atoms with Gasteiger partial charge in [0, 0.05) is 19.5 Å². The molecule has 2 amide bonds. The van der Waals surface area contributed by atoms with Gasteiger partial charge in [-0.05, 0) is 25.2 Å². The second-order valence-electron chi connectivity index (χ2n) is 7.15. The quantitative estimate of drug-likeness (QED) is 0.101. The third-order valence-electron chi connectivity index (χ3n) is 4.30. The van der Waals surface area contributed by atoms with Crippen molar-refractivity contribution in [3.63, 3.8) is 0 Å². The van der Waals surface area contributed by atoms with Crippen LogP contribution in [0.1, 0.15) is 46.0 Å². The third kappa shape index (κ3) is 13.1. The maximum Gasteiger partial charge on any atom is 0.397 e. The molecule has 0 aliphatic rings. The third-order valence-corrected chi connectivity index (χ3v) is 4.74. The number of amides is 2. The fourth-order valence-corrected chi connectivity index (χ4v) is 2.72. The second kappa shape index (κ2) is 14.6. The minimum atomic E-state index is -4.87. The molecule has 0 aliphatic carbocycles. The van der Waals surface area contributed by atoms with E-state index in [1.807, 2.05) is 13.8 Å². The summed E-state index contributed by atoms with van der Waals surface area (Å²) in [7, 11) is -4.87. The van der Waals surface area contributed by atoms with Gasteiger partial charge in [0.25, 0.3) is 5.91 Å². The largest absolute Gasteiger partial charge is 0.397 e. The lowest BCUT2D eigenvalue weighted by atomic mass is 10.0. The monoisotopic (exact) mass is 458 g/mol. The maximum atomic E-state index is 11.9. The van der Waals surface area contributed by atoms with Gasteiger partial charge < -0.3 is 31.1 Å². The number of nitrogens with one attached hydrogen (secondary N) is 2. The lowest BCUT2D eigenvalue weighted by molar-refractivity contribution is -0.148. The van der Waals surface area contributed by atoms with Crippen LogP contribution in [0.5, 0.6) is 0 Å². The molecule has 0 aromatic carbocycles. The van der Waals surface area contributed by atoms with E-state index < -0.39 is 47.3 Å². The van der Waals surface area contributed by atoms with Crippen LogP contribution in [0, 0.1) is 5.92 Å². The first kappa shape index (κ1) is 28.6. The summed E-state index contributed by atoms with van der Waals surface area (Å²) in [6.45, 7) is 3.43. The van der Waals surface area contributed by atoms with E-state index in [-0.39, 0.29) is 18.4 Å². The lowest BCUT2D eigenvalue weighted by Gasteiger charge is -2.25. The highest BCUT2D eigenvalue weighted by Crippen LogP contribution is 2.08. The SMILES string of the molecule is CCCCC(=O)NCCC[C@H](C)CNC(=O)[C@H](O)[C@H](O)[C@H](O)[C@H](O)COS(=O)(=O)O. The Kier molecular flexibility index (Phi) is 14.0. The number of rotatable bonds is 16. The van der Waals surface area contributed by atoms with E-state index in [2.05, 4.69) is 14.8 Å². The average molecular weight is 459 g/mol. The molecule has 30 heavy (non-hydrogen) atoms. The van der Waals surface area contributed by atoms with Crippen LogP contribution in [0.4, 0.5) is 0 Å². The summed E-state index contributed by atoms with van der Waals surface area (Å²) in [6.07, 6.45) is -4.67. The molecule has 0 heterocycles. The molecule has 0 bridgehead atoms. The number of hydrogen-bond donors (Lipinski definition) is 7. The Balaban J connectivity index is 4.22. The van der Waals surface area contributed by atoms with E-state index in [1.54, 1.807) is 0 Å². The number of aliphatic hydroxyl groups is 4. The highest BCUT2D eigenvalue weighted by atomic mass is 32.3. The number of aliphatic hydroxyl groups excluding tert-OH is 4. The zero-order valence-electron chi connectivity index (χ0n) is 17.2. The van der Waals surface area contributed by atoms with Crippen molar-refractivity contribution in [2.45, 2.75) is 70.4 Å². The minimum Gasteiger partial charge on any atom is -0.388 e. The topological polar surface area (TPSA) is 203 Å². The van der Waals surface area contributed by atoms with Gasteiger partial charge in [-0.1, -0.05) is 20.3 Å². The van der Waals surface area contributed by atoms with Crippen LogP contribution in [0.2, 0.25) is 0 Å². The molecule has 178 valence electrons. The van der Waals surface area contributed by atoms with Gasteiger partial charge in [-0.15, -0.1) is 0 Å². The molecule has 13 heteroatoms. The molecule has 0 spiro atoms. The molecule has 0 aliphatic heterocycles. The van der Waals surface area contributed by atoms with Gasteiger partial charge >= 0.3 is 10.4 Å². The van der Waals surface area contributed by atoms with Crippen molar-refractivity contribution in [2.24, 2.45) is 5.92 Å². The first-order chi connectivity index (χ1) is 13.9. The van der Waals surface area contributed by atoms with E-state index in [0.717, 1.165) is 12.8 Å². The van der Waals surface area contributed by atoms with Gasteiger partial charge in [0.15, 0.2) is 6.10 Å². The van der Waals surface area contributed by atoms with Crippen molar-refractivity contribution in [1.29, 1.82) is 0 Å². The molecule has 0 rings (SSSR count). The predicted molar refractivity (Wildman–Crippen MR) is 105 cm³/mol. The van der Waals surface area contributed by atoms with Crippen LogP contribution in [-0.2, 0) is 24.2 Å². The number of carbonyl (C=O) groups excluding carboxylic acids is 2. The highest BCUT2D eigenvalue weighted by Gasteiger charge is 2.35. The molecule has 7 N–H and O–H groups in total. The zero-order valence-corrected chi connectivity index (χ0v) is 18.0. The summed E-state index contributed by atoms with van der Waals surface area (Å²) in [5.41, 5.74) is 0. The van der Waals surface area contributed by atoms with Gasteiger partial charge in [0.05, 0.1) is 6.61 Å². The fourth-order valence-electron chi connectivity index (χ4n) is 2.41. The molecule has 0 saturated carbocycles. The van der Waals surface area contributed by atoms with E-state index in [4.69, 9.17) is 4.55 Å². The second-order valence-corrected chi connectivity index (χ2v) is 8.24. The smallest absolute Gasteiger partial charge is 0.388 e. The first-order valence-electron chi connectivity index (χ1n) is 9.77. The van der Waals surface area contributed by atoms with Crippen molar-refractivity contribution in [2.75, 3.05) is 19.7 Å². The molecule has 0 aromatic rings. The van der Waals surface area contributed by atoms with Crippen LogP contribution in [0.3, 0.4) is 0 Å². The Morgan fingerprint density at radius 2 is 1.67 bits per heavy atom. The summed E-state index contributed by atoms with van der Waals surface area (Å²) in [5.74, 6) is -0.994. The Morgan fingerprint density at radius 3 is 2.23 bits per heavy atom. The molecule has 5 atom stereocenters. The molecular formula is C17H34N2O10S. The number of hydrogen-bond acceptors (Lipinski definition) is 9. The van der Waals surface area contributed by atoms with Gasteiger partial charge in [-0.2, -0.15) is 8.42 Å². The molecular weight excluding hydrogens is 424 g/mol. The number of carbonyl (C=O) groups is 2. The summed E-state index contributed by atoms with van der Waals surface area (Å²) in [4.78, 5) is 23.4. The van der Waals surface area contributed by atoms with Gasteiger partial charge in [-0.3, -0.25) is 14.1 Å². The Morgan fingerprint density at radius 1 is 1.03 bits per heavy atom. The summed E-state index contributed by atoms with van der Waals surface area (Å²) in [6, 6.07) is 0. The Hall–Kier alpha value is -1.35. The van der Waals surface area contributed by atoms with Crippen LogP contribution in [0.15, 0.2) is 0 Å². The van der Waals surface area contributed by atoms with Crippen LogP contribution < -0.4 is 10.6 Å². The van der Waals surface area contributed by atoms with Crippen LogP contribution in [0.25, 0.3) is 0 Å². The van der Waals surface area contributed by atoms with Crippen LogP contribution in [-0.4, -0.2) is 89.3 Å². The molecule has 0 saturated heterocycles. The van der Waals surface area contributed by atoms with Crippen molar-refractivity contribution in [3.05, 3.63) is 0 Å². The standard InChI is InChI=1S/C17H34N2O10S/c1-3-4-7-13(21)18-8-5-6-11(2)9-19-17(25)16(24)15(23)14(22)12(20)10-29-30(26,27)28/h11-12,14-16,20,22-24H,3-10H2,1-2H3,(H,18,21)(H,19,25)(H,26,27,28)/t11-,12+,14+,15+,16+/m0/s1. The van der Waals surface area contributed by atoms with E-state index >= 15 is 0 Å². The normalized spacial score (nSPS) is 16.9. The Bertz CT molecular complexity index is 616. The van der Waals surface area contributed by atoms with Crippen molar-refractivity contribution in [1.82, 2.24) is 10.6 Å². The van der Waals surface area contributed by atoms with E-state index in [9.17, 15) is 38.4 Å². The zero-order chi connectivity index (χ0) is 23.3. The number of unbranched alkanes of at least 4 members (excludes halogenated alkanes) is 1. The van der Waals surface area contributed by atoms with Crippen molar-refractivity contribution in [3.8, 4) is 0 Å². The molecule has 0 unspecified atom stereocenters. The van der Waals surface area contributed by atoms with E-state index in [1.165, 1.54) is 0 Å². The van der Waals surface area contributed by atoms with Gasteiger partial charge in [0.2, 0.25) is 5.91 Å². The van der Waals surface area contributed by atoms with Gasteiger partial charge in [0.1, 0.15) is 18.3 Å². The summed E-state index contributed by atoms with van der Waals surface area (Å²) < 4.78 is 33.1. The maximum absolute atomic E-state index is 11.9. The summed E-state index contributed by atoms with van der Waals surface area (Å²) >= 11 is 0.